The van der Waals surface area contributed by atoms with Crippen molar-refractivity contribution in [3.63, 3.8) is 0 Å². The van der Waals surface area contributed by atoms with Crippen LogP contribution in [0.25, 0.3) is 0 Å². The molecule has 0 saturated heterocycles. The molecule has 0 spiro atoms. The van der Waals surface area contributed by atoms with Gasteiger partial charge in [0.05, 0.1) is 17.7 Å². The average Bonchev–Trinajstić information content (AvgIpc) is 3.14. The van der Waals surface area contributed by atoms with Crippen molar-refractivity contribution in [2.24, 2.45) is 0 Å². The van der Waals surface area contributed by atoms with Gasteiger partial charge in [-0.2, -0.15) is 8.42 Å². The molecule has 0 unspecified atom stereocenters. The largest absolute Gasteiger partial charge is 0.460 e. The van der Waals surface area contributed by atoms with E-state index in [9.17, 15) is 22.8 Å². The standard InChI is InChI=1S/C22H19NO7S/c1-22-4-2-3-11-10-30-21(18(11)22)20(26)14-7-13-12(8-15(14)22)17(24)9-16(19(13)25)23-5-6-31(27,28)29/h7-10,23H,2-6H2,1H3,(H,27,28,29)/t22-/m0/s1. The van der Waals surface area contributed by atoms with E-state index in [1.165, 1.54) is 6.07 Å². The number of furan rings is 1. The van der Waals surface area contributed by atoms with Gasteiger partial charge in [-0.3, -0.25) is 18.9 Å². The summed E-state index contributed by atoms with van der Waals surface area (Å²) in [5, 5.41) is 2.59. The molecule has 1 aromatic carbocycles. The number of nitrogens with one attached hydrogen (secondary N) is 1. The number of hydrogen-bond acceptors (Lipinski definition) is 7. The Labute approximate surface area is 178 Å². The van der Waals surface area contributed by atoms with Gasteiger partial charge in [-0.05, 0) is 42.5 Å². The third kappa shape index (κ3) is 2.91. The molecule has 2 N–H and O–H groups in total. The van der Waals surface area contributed by atoms with E-state index >= 15 is 0 Å². The molecule has 1 aromatic heterocycles. The maximum atomic E-state index is 13.2. The number of fused-ring (bicyclic) bond motifs is 3. The number of hydrogen-bond donors (Lipinski definition) is 2. The van der Waals surface area contributed by atoms with E-state index in [-0.39, 0.29) is 29.2 Å². The quantitative estimate of drug-likeness (QED) is 0.691. The van der Waals surface area contributed by atoms with Crippen molar-refractivity contribution in [3.05, 3.63) is 69.3 Å². The maximum absolute atomic E-state index is 13.2. The van der Waals surface area contributed by atoms with Crippen molar-refractivity contribution in [2.75, 3.05) is 12.3 Å². The maximum Gasteiger partial charge on any atom is 0.266 e. The fraction of sp³-hybridized carbons (Fsp3) is 0.318. The summed E-state index contributed by atoms with van der Waals surface area (Å²) in [6, 6.07) is 3.11. The van der Waals surface area contributed by atoms with Crippen LogP contribution < -0.4 is 5.32 Å². The lowest BCUT2D eigenvalue weighted by Gasteiger charge is -2.39. The van der Waals surface area contributed by atoms with E-state index < -0.39 is 32.9 Å². The molecule has 0 radical (unpaired) electrons. The van der Waals surface area contributed by atoms with E-state index in [1.54, 1.807) is 12.3 Å². The van der Waals surface area contributed by atoms with Gasteiger partial charge >= 0.3 is 0 Å². The molecule has 0 saturated carbocycles. The molecule has 31 heavy (non-hydrogen) atoms. The second kappa shape index (κ2) is 6.48. The molecule has 3 aliphatic rings. The van der Waals surface area contributed by atoms with Crippen molar-refractivity contribution in [1.29, 1.82) is 0 Å². The van der Waals surface area contributed by atoms with Crippen LogP contribution in [-0.4, -0.2) is 42.6 Å². The lowest BCUT2D eigenvalue weighted by atomic mass is 9.62. The van der Waals surface area contributed by atoms with Gasteiger partial charge in [-0.1, -0.05) is 6.92 Å². The van der Waals surface area contributed by atoms with Crippen LogP contribution in [0.1, 0.15) is 73.3 Å². The number of allylic oxidation sites excluding steroid dienone is 2. The summed E-state index contributed by atoms with van der Waals surface area (Å²) >= 11 is 0. The number of aryl methyl sites for hydroxylation is 1. The average molecular weight is 441 g/mol. The predicted octanol–water partition coefficient (Wildman–Crippen LogP) is 2.21. The smallest absolute Gasteiger partial charge is 0.266 e. The Morgan fingerprint density at radius 3 is 2.65 bits per heavy atom. The Morgan fingerprint density at radius 2 is 1.90 bits per heavy atom. The van der Waals surface area contributed by atoms with Crippen LogP contribution in [0.5, 0.6) is 0 Å². The zero-order chi connectivity index (χ0) is 22.1. The molecular weight excluding hydrogens is 422 g/mol. The zero-order valence-electron chi connectivity index (χ0n) is 16.6. The van der Waals surface area contributed by atoms with Crippen molar-refractivity contribution in [3.8, 4) is 0 Å². The first kappa shape index (κ1) is 19.9. The van der Waals surface area contributed by atoms with Crippen LogP contribution in [-0.2, 0) is 22.0 Å². The number of carbonyl (C=O) groups is 3. The van der Waals surface area contributed by atoms with Crippen LogP contribution in [0.15, 0.2) is 34.6 Å². The van der Waals surface area contributed by atoms with E-state index in [4.69, 9.17) is 8.97 Å². The molecule has 9 heteroatoms. The van der Waals surface area contributed by atoms with Crippen molar-refractivity contribution < 1.29 is 31.8 Å². The third-order valence-electron chi connectivity index (χ3n) is 6.45. The van der Waals surface area contributed by atoms with E-state index in [1.807, 2.05) is 6.92 Å². The zero-order valence-corrected chi connectivity index (χ0v) is 17.5. The Morgan fingerprint density at radius 1 is 1.13 bits per heavy atom. The summed E-state index contributed by atoms with van der Waals surface area (Å²) in [5.74, 6) is -1.55. The molecule has 0 amide bonds. The summed E-state index contributed by atoms with van der Waals surface area (Å²) in [4.78, 5) is 38.9. The highest BCUT2D eigenvalue weighted by Crippen LogP contribution is 2.50. The highest BCUT2D eigenvalue weighted by Gasteiger charge is 2.46. The Kier molecular flexibility index (Phi) is 4.16. The van der Waals surface area contributed by atoms with Crippen LogP contribution in [0.2, 0.25) is 0 Å². The fourth-order valence-corrected chi connectivity index (χ4v) is 5.36. The molecule has 2 aromatic rings. The van der Waals surface area contributed by atoms with Crippen molar-refractivity contribution in [1.82, 2.24) is 5.32 Å². The minimum Gasteiger partial charge on any atom is -0.460 e. The first-order valence-corrected chi connectivity index (χ1v) is 11.5. The van der Waals surface area contributed by atoms with Gasteiger partial charge in [-0.25, -0.2) is 0 Å². The van der Waals surface area contributed by atoms with E-state index in [0.717, 1.165) is 42.0 Å². The van der Waals surface area contributed by atoms with E-state index in [0.29, 0.717) is 11.3 Å². The number of Topliss-reactive ketones (excluding diaryl/α,β-unsaturated/α-hetero) is 1. The normalized spacial score (nSPS) is 21.9. The summed E-state index contributed by atoms with van der Waals surface area (Å²) in [6.07, 6.45) is 5.30. The van der Waals surface area contributed by atoms with Crippen LogP contribution in [0, 0.1) is 0 Å². The third-order valence-corrected chi connectivity index (χ3v) is 7.17. The highest BCUT2D eigenvalue weighted by atomic mass is 32.2. The monoisotopic (exact) mass is 441 g/mol. The number of ketones is 3. The molecule has 3 aliphatic carbocycles. The van der Waals surface area contributed by atoms with Gasteiger partial charge in [0, 0.05) is 40.3 Å². The Hall–Kier alpha value is -3.04. The van der Waals surface area contributed by atoms with Gasteiger partial charge in [0.15, 0.2) is 11.5 Å². The summed E-state index contributed by atoms with van der Waals surface area (Å²) in [7, 11) is -4.21. The Balaban J connectivity index is 1.59. The number of rotatable bonds is 4. The first-order valence-electron chi connectivity index (χ1n) is 9.94. The minimum absolute atomic E-state index is 0.0748. The molecule has 5 rings (SSSR count). The molecule has 0 aliphatic heterocycles. The summed E-state index contributed by atoms with van der Waals surface area (Å²) in [5.41, 5.74) is 2.71. The number of carbonyl (C=O) groups excluding carboxylic acids is 3. The summed E-state index contributed by atoms with van der Waals surface area (Å²) < 4.78 is 36.3. The first-order chi connectivity index (χ1) is 14.6. The van der Waals surface area contributed by atoms with Crippen LogP contribution in [0.3, 0.4) is 0 Å². The van der Waals surface area contributed by atoms with Gasteiger partial charge < -0.3 is 9.73 Å². The molecule has 8 nitrogen and oxygen atoms in total. The highest BCUT2D eigenvalue weighted by molar-refractivity contribution is 7.85. The lowest BCUT2D eigenvalue weighted by molar-refractivity contribution is 0.0975. The molecule has 0 fully saturated rings. The molecule has 160 valence electrons. The van der Waals surface area contributed by atoms with Gasteiger partial charge in [0.1, 0.15) is 0 Å². The second-order valence-electron chi connectivity index (χ2n) is 8.39. The molecule has 1 atom stereocenters. The SMILES string of the molecule is C[C@@]12CCCc3coc(c31)C(=O)c1cc3c(cc12)C(=O)C=C(NCCS(=O)(=O)O)C3=O. The minimum atomic E-state index is -4.21. The van der Waals surface area contributed by atoms with Gasteiger partial charge in [0.2, 0.25) is 11.6 Å². The molecule has 0 bridgehead atoms. The van der Waals surface area contributed by atoms with E-state index in [2.05, 4.69) is 5.32 Å². The lowest BCUT2D eigenvalue weighted by Crippen LogP contribution is -2.37. The number of benzene rings is 1. The molecular formula is C22H19NO7S. The topological polar surface area (TPSA) is 131 Å². The predicted molar refractivity (Wildman–Crippen MR) is 109 cm³/mol. The van der Waals surface area contributed by atoms with Crippen LogP contribution in [0.4, 0.5) is 0 Å². The van der Waals surface area contributed by atoms with Gasteiger partial charge in [-0.15, -0.1) is 0 Å². The van der Waals surface area contributed by atoms with Crippen molar-refractivity contribution in [2.45, 2.75) is 31.6 Å². The fourth-order valence-electron chi connectivity index (χ4n) is 5.00. The van der Waals surface area contributed by atoms with Crippen LogP contribution >= 0.6 is 0 Å². The van der Waals surface area contributed by atoms with Crippen molar-refractivity contribution >= 4 is 27.5 Å². The molecule has 1 heterocycles. The second-order valence-corrected chi connectivity index (χ2v) is 9.96. The van der Waals surface area contributed by atoms with Gasteiger partial charge in [0.25, 0.3) is 10.1 Å². The Bertz CT molecular complexity index is 1330. The summed E-state index contributed by atoms with van der Waals surface area (Å²) in [6.45, 7) is 1.80.